The summed E-state index contributed by atoms with van der Waals surface area (Å²) < 4.78 is 32.1. The predicted octanol–water partition coefficient (Wildman–Crippen LogP) is 1.27. The molecule has 1 aromatic heterocycles. The molecule has 1 saturated carbocycles. The molecule has 1 aromatic rings. The van der Waals surface area contributed by atoms with E-state index < -0.39 is 10.0 Å². The third-order valence-corrected chi connectivity index (χ3v) is 8.43. The minimum Gasteiger partial charge on any atom is -0.379 e. The molecule has 0 bridgehead atoms. The molecule has 3 N–H and O–H groups in total. The van der Waals surface area contributed by atoms with Crippen molar-refractivity contribution in [3.05, 3.63) is 18.0 Å². The van der Waals surface area contributed by atoms with E-state index in [1.165, 1.54) is 35.8 Å². The fraction of sp³-hybridized carbons (Fsp3) is 0.714. The van der Waals surface area contributed by atoms with Gasteiger partial charge in [-0.1, -0.05) is 19.3 Å². The molecule has 4 rings (SSSR count). The Morgan fingerprint density at radius 1 is 0.938 bits per heavy atom. The van der Waals surface area contributed by atoms with Gasteiger partial charge in [-0.15, -0.1) is 0 Å². The van der Waals surface area contributed by atoms with Crippen LogP contribution in [0.1, 0.15) is 55.4 Å². The van der Waals surface area contributed by atoms with Crippen molar-refractivity contribution in [3.8, 4) is 0 Å². The Hall–Kier alpha value is -2.11. The first-order valence-corrected chi connectivity index (χ1v) is 13.0. The van der Waals surface area contributed by atoms with Crippen molar-refractivity contribution in [2.45, 2.75) is 61.9 Å². The number of carbonyl (C=O) groups excluding carboxylic acids is 2. The fourth-order valence-corrected chi connectivity index (χ4v) is 6.04. The second-order valence-electron chi connectivity index (χ2n) is 8.78. The molecule has 3 aliphatic rings. The lowest BCUT2D eigenvalue weighted by Crippen LogP contribution is -2.51. The first-order chi connectivity index (χ1) is 15.4. The summed E-state index contributed by atoms with van der Waals surface area (Å²) in [5.41, 5.74) is 0.262. The van der Waals surface area contributed by atoms with Crippen LogP contribution in [0, 0.1) is 0 Å². The molecular weight excluding hydrogens is 434 g/mol. The van der Waals surface area contributed by atoms with Gasteiger partial charge in [-0.05, 0) is 31.7 Å². The maximum Gasteiger partial charge on any atom is 0.315 e. The summed E-state index contributed by atoms with van der Waals surface area (Å²) in [6, 6.07) is 1.59. The van der Waals surface area contributed by atoms with Gasteiger partial charge in [-0.2, -0.15) is 4.31 Å². The van der Waals surface area contributed by atoms with E-state index in [4.69, 9.17) is 4.74 Å². The number of hydrogen-bond acceptors (Lipinski definition) is 5. The van der Waals surface area contributed by atoms with Gasteiger partial charge in [0.15, 0.2) is 0 Å². The van der Waals surface area contributed by atoms with E-state index in [-0.39, 0.29) is 34.6 Å². The van der Waals surface area contributed by atoms with E-state index in [1.807, 2.05) is 0 Å². The van der Waals surface area contributed by atoms with Crippen LogP contribution in [0.5, 0.6) is 0 Å². The predicted molar refractivity (Wildman–Crippen MR) is 118 cm³/mol. The van der Waals surface area contributed by atoms with Gasteiger partial charge in [0.05, 0.1) is 13.2 Å². The molecule has 0 radical (unpaired) electrons. The summed E-state index contributed by atoms with van der Waals surface area (Å²) in [5.74, 6) is -0.224. The lowest BCUT2D eigenvalue weighted by molar-refractivity contribution is 0.0702. The first kappa shape index (κ1) is 23.1. The van der Waals surface area contributed by atoms with Gasteiger partial charge in [0, 0.05) is 44.5 Å². The van der Waals surface area contributed by atoms with Crippen LogP contribution < -0.4 is 10.6 Å². The van der Waals surface area contributed by atoms with Gasteiger partial charge < -0.3 is 25.3 Å². The molecule has 3 amide bonds. The van der Waals surface area contributed by atoms with Crippen molar-refractivity contribution in [2.24, 2.45) is 0 Å². The second kappa shape index (κ2) is 10.2. The molecule has 10 nitrogen and oxygen atoms in total. The minimum atomic E-state index is -3.64. The van der Waals surface area contributed by atoms with Crippen LogP contribution in [0.15, 0.2) is 17.2 Å². The number of nitrogens with zero attached hydrogens (tertiary/aromatic N) is 2. The smallest absolute Gasteiger partial charge is 0.315 e. The number of H-pyrrole nitrogens is 1. The number of ether oxygens (including phenoxy) is 1. The minimum absolute atomic E-state index is 0.0311. The quantitative estimate of drug-likeness (QED) is 0.602. The number of piperidine rings is 1. The van der Waals surface area contributed by atoms with E-state index >= 15 is 0 Å². The van der Waals surface area contributed by atoms with Gasteiger partial charge in [0.1, 0.15) is 10.6 Å². The number of urea groups is 1. The second-order valence-corrected chi connectivity index (χ2v) is 10.7. The molecule has 0 atom stereocenters. The molecule has 11 heteroatoms. The number of carbonyl (C=O) groups is 2. The summed E-state index contributed by atoms with van der Waals surface area (Å²) in [7, 11) is -3.64. The van der Waals surface area contributed by atoms with Gasteiger partial charge >= 0.3 is 6.03 Å². The van der Waals surface area contributed by atoms with Crippen molar-refractivity contribution >= 4 is 22.0 Å². The lowest BCUT2D eigenvalue weighted by atomic mass is 9.96. The van der Waals surface area contributed by atoms with Crippen LogP contribution in [0.3, 0.4) is 0 Å². The highest BCUT2D eigenvalue weighted by Gasteiger charge is 2.30. The standard InChI is InChI=1S/C21H33N5O5S/c27-20(19-14-18(15-22-19)32(29,30)26-10-12-31-13-11-26)25-8-6-17(7-9-25)24-21(28)23-16-4-2-1-3-5-16/h14-17,22H,1-13H2,(H2,23,24,28). The van der Waals surface area contributed by atoms with E-state index in [0.717, 1.165) is 12.8 Å². The van der Waals surface area contributed by atoms with Crippen LogP contribution in [-0.4, -0.2) is 86.0 Å². The van der Waals surface area contributed by atoms with E-state index in [1.54, 1.807) is 4.90 Å². The highest BCUT2D eigenvalue weighted by atomic mass is 32.2. The van der Waals surface area contributed by atoms with Crippen LogP contribution in [0.4, 0.5) is 4.79 Å². The van der Waals surface area contributed by atoms with E-state index in [9.17, 15) is 18.0 Å². The van der Waals surface area contributed by atoms with E-state index in [0.29, 0.717) is 52.2 Å². The highest BCUT2D eigenvalue weighted by Crippen LogP contribution is 2.21. The van der Waals surface area contributed by atoms with Crippen molar-refractivity contribution in [2.75, 3.05) is 39.4 Å². The van der Waals surface area contributed by atoms with Crippen molar-refractivity contribution in [1.82, 2.24) is 24.8 Å². The molecule has 2 saturated heterocycles. The number of morpholine rings is 1. The third kappa shape index (κ3) is 5.44. The van der Waals surface area contributed by atoms with Gasteiger partial charge in [0.25, 0.3) is 5.91 Å². The Morgan fingerprint density at radius 2 is 1.56 bits per heavy atom. The van der Waals surface area contributed by atoms with Crippen LogP contribution in [-0.2, 0) is 14.8 Å². The monoisotopic (exact) mass is 467 g/mol. The molecule has 3 heterocycles. The average Bonchev–Trinajstić information content (AvgIpc) is 3.32. The van der Waals surface area contributed by atoms with Crippen LogP contribution >= 0.6 is 0 Å². The average molecular weight is 468 g/mol. The SMILES string of the molecule is O=C(NC1CCCCC1)NC1CCN(C(=O)c2cc(S(=O)(=O)N3CCOCC3)c[nH]2)CC1. The number of nitrogens with one attached hydrogen (secondary N) is 3. The Kier molecular flexibility index (Phi) is 7.37. The maximum atomic E-state index is 12.9. The summed E-state index contributed by atoms with van der Waals surface area (Å²) >= 11 is 0. The summed E-state index contributed by atoms with van der Waals surface area (Å²) in [6.07, 6.45) is 8.38. The van der Waals surface area contributed by atoms with Crippen LogP contribution in [0.25, 0.3) is 0 Å². The zero-order valence-corrected chi connectivity index (χ0v) is 19.2. The fourth-order valence-electron chi connectivity index (χ4n) is 4.64. The normalized spacial score (nSPS) is 21.9. The molecule has 0 aromatic carbocycles. The Labute approximate surface area is 189 Å². The van der Waals surface area contributed by atoms with Gasteiger partial charge in [-0.3, -0.25) is 4.79 Å². The maximum absolute atomic E-state index is 12.9. The van der Waals surface area contributed by atoms with Crippen LogP contribution in [0.2, 0.25) is 0 Å². The number of rotatable bonds is 5. The third-order valence-electron chi connectivity index (χ3n) is 6.55. The Morgan fingerprint density at radius 3 is 2.22 bits per heavy atom. The summed E-state index contributed by atoms with van der Waals surface area (Å²) in [6.45, 7) is 2.39. The molecule has 0 unspecified atom stereocenters. The summed E-state index contributed by atoms with van der Waals surface area (Å²) in [5, 5.41) is 6.10. The molecule has 3 fully saturated rings. The Balaban J connectivity index is 1.27. The molecule has 2 aliphatic heterocycles. The molecule has 1 aliphatic carbocycles. The van der Waals surface area contributed by atoms with Crippen molar-refractivity contribution in [3.63, 3.8) is 0 Å². The molecule has 178 valence electrons. The first-order valence-electron chi connectivity index (χ1n) is 11.6. The van der Waals surface area contributed by atoms with Gasteiger partial charge in [0.2, 0.25) is 10.0 Å². The number of amides is 3. The topological polar surface area (TPSA) is 124 Å². The van der Waals surface area contributed by atoms with Crippen molar-refractivity contribution in [1.29, 1.82) is 0 Å². The zero-order chi connectivity index (χ0) is 22.6. The molecular formula is C21H33N5O5S. The number of likely N-dealkylation sites (tertiary alicyclic amines) is 1. The van der Waals surface area contributed by atoms with E-state index in [2.05, 4.69) is 15.6 Å². The summed E-state index contributed by atoms with van der Waals surface area (Å²) in [4.78, 5) is 29.8. The molecule has 0 spiro atoms. The number of aromatic amines is 1. The number of sulfonamides is 1. The molecule has 32 heavy (non-hydrogen) atoms. The number of aromatic nitrogens is 1. The lowest BCUT2D eigenvalue weighted by Gasteiger charge is -2.32. The van der Waals surface area contributed by atoms with Gasteiger partial charge in [-0.25, -0.2) is 13.2 Å². The zero-order valence-electron chi connectivity index (χ0n) is 18.3. The largest absolute Gasteiger partial charge is 0.379 e. The number of hydrogen-bond donors (Lipinski definition) is 3. The Bertz CT molecular complexity index is 897. The highest BCUT2D eigenvalue weighted by molar-refractivity contribution is 7.89. The van der Waals surface area contributed by atoms with Crippen molar-refractivity contribution < 1.29 is 22.7 Å².